The highest BCUT2D eigenvalue weighted by molar-refractivity contribution is 7.90. The van der Waals surface area contributed by atoms with Crippen molar-refractivity contribution in [2.75, 3.05) is 5.73 Å². The molecule has 0 bridgehead atoms. The van der Waals surface area contributed by atoms with Crippen LogP contribution in [-0.4, -0.2) is 23.6 Å². The van der Waals surface area contributed by atoms with Gasteiger partial charge in [-0.3, -0.25) is 9.78 Å². The summed E-state index contributed by atoms with van der Waals surface area (Å²) in [5.41, 5.74) is 6.53. The van der Waals surface area contributed by atoms with Crippen molar-refractivity contribution >= 4 is 33.2 Å². The van der Waals surface area contributed by atoms with Crippen molar-refractivity contribution in [3.05, 3.63) is 52.8 Å². The number of aromatic nitrogens is 1. The minimum Gasteiger partial charge on any atom is -0.399 e. The standard InChI is InChI=1S/C13H10ClN3O3S/c14-11-6-16-4-3-8(11)7-17-13(18)10-5-9(15)1-2-12(10)21(17,19)20/h1-6H,7,15H2. The zero-order valence-corrected chi connectivity index (χ0v) is 12.2. The van der Waals surface area contributed by atoms with Crippen molar-refractivity contribution in [3.8, 4) is 0 Å². The van der Waals surface area contributed by atoms with Crippen LogP contribution in [-0.2, 0) is 16.6 Å². The van der Waals surface area contributed by atoms with Gasteiger partial charge in [0, 0.05) is 18.1 Å². The van der Waals surface area contributed by atoms with E-state index in [0.29, 0.717) is 16.3 Å². The molecule has 2 aromatic rings. The molecule has 8 heteroatoms. The van der Waals surface area contributed by atoms with E-state index in [-0.39, 0.29) is 17.0 Å². The molecule has 1 aromatic carbocycles. The zero-order valence-electron chi connectivity index (χ0n) is 10.7. The van der Waals surface area contributed by atoms with Gasteiger partial charge in [-0.25, -0.2) is 12.7 Å². The van der Waals surface area contributed by atoms with Gasteiger partial charge in [0.15, 0.2) is 0 Å². The minimum atomic E-state index is -3.88. The number of nitrogens with two attached hydrogens (primary N) is 1. The molecule has 1 amide bonds. The Bertz CT molecular complexity index is 851. The summed E-state index contributed by atoms with van der Waals surface area (Å²) in [7, 11) is -3.88. The predicted octanol–water partition coefficient (Wildman–Crippen LogP) is 1.66. The van der Waals surface area contributed by atoms with Gasteiger partial charge in [-0.15, -0.1) is 0 Å². The Morgan fingerprint density at radius 2 is 2.05 bits per heavy atom. The van der Waals surface area contributed by atoms with Crippen LogP contribution in [0.3, 0.4) is 0 Å². The fourth-order valence-corrected chi connectivity index (χ4v) is 3.85. The van der Waals surface area contributed by atoms with Crippen molar-refractivity contribution in [1.82, 2.24) is 9.29 Å². The summed E-state index contributed by atoms with van der Waals surface area (Å²) in [5, 5.41) is 0.302. The van der Waals surface area contributed by atoms with Gasteiger partial charge in [0.05, 0.1) is 17.1 Å². The average molecular weight is 324 g/mol. The lowest BCUT2D eigenvalue weighted by atomic mass is 10.2. The molecule has 3 rings (SSSR count). The van der Waals surface area contributed by atoms with E-state index in [4.69, 9.17) is 17.3 Å². The van der Waals surface area contributed by atoms with E-state index in [1.54, 1.807) is 6.07 Å². The Morgan fingerprint density at radius 3 is 2.76 bits per heavy atom. The van der Waals surface area contributed by atoms with E-state index in [2.05, 4.69) is 4.98 Å². The molecule has 1 aliphatic rings. The van der Waals surface area contributed by atoms with Gasteiger partial charge in [0.25, 0.3) is 15.9 Å². The third-order valence-corrected chi connectivity index (χ3v) is 5.33. The van der Waals surface area contributed by atoms with Gasteiger partial charge >= 0.3 is 0 Å². The van der Waals surface area contributed by atoms with Crippen LogP contribution < -0.4 is 5.73 Å². The number of carbonyl (C=O) groups is 1. The second kappa shape index (κ2) is 4.71. The highest BCUT2D eigenvalue weighted by atomic mass is 35.5. The maximum atomic E-state index is 12.4. The first-order valence-corrected chi connectivity index (χ1v) is 7.78. The largest absolute Gasteiger partial charge is 0.399 e. The first-order chi connectivity index (χ1) is 9.91. The van der Waals surface area contributed by atoms with E-state index >= 15 is 0 Å². The summed E-state index contributed by atoms with van der Waals surface area (Å²) in [6.07, 6.45) is 2.88. The Labute approximate surface area is 126 Å². The maximum absolute atomic E-state index is 12.4. The van der Waals surface area contributed by atoms with E-state index in [1.165, 1.54) is 30.6 Å². The fraction of sp³-hybridized carbons (Fsp3) is 0.0769. The van der Waals surface area contributed by atoms with Crippen molar-refractivity contribution < 1.29 is 13.2 Å². The van der Waals surface area contributed by atoms with Gasteiger partial charge < -0.3 is 5.73 Å². The van der Waals surface area contributed by atoms with E-state index in [9.17, 15) is 13.2 Å². The number of hydrogen-bond donors (Lipinski definition) is 1. The number of fused-ring (bicyclic) bond motifs is 1. The molecule has 108 valence electrons. The summed E-state index contributed by atoms with van der Waals surface area (Å²) >= 11 is 5.96. The van der Waals surface area contributed by atoms with Crippen LogP contribution in [0.2, 0.25) is 5.02 Å². The third-order valence-electron chi connectivity index (χ3n) is 3.20. The van der Waals surface area contributed by atoms with Crippen LogP contribution in [0.15, 0.2) is 41.6 Å². The molecule has 21 heavy (non-hydrogen) atoms. The number of anilines is 1. The molecule has 0 atom stereocenters. The first kappa shape index (κ1) is 13.8. The van der Waals surface area contributed by atoms with E-state index < -0.39 is 15.9 Å². The van der Waals surface area contributed by atoms with Crippen LogP contribution in [0.1, 0.15) is 15.9 Å². The molecule has 0 unspecified atom stereocenters. The van der Waals surface area contributed by atoms with Gasteiger partial charge in [-0.05, 0) is 29.8 Å². The molecule has 0 radical (unpaired) electrons. The van der Waals surface area contributed by atoms with Crippen LogP contribution in [0.25, 0.3) is 0 Å². The third kappa shape index (κ3) is 2.14. The number of nitrogens with zero attached hydrogens (tertiary/aromatic N) is 2. The maximum Gasteiger partial charge on any atom is 0.269 e. The topological polar surface area (TPSA) is 93.4 Å². The lowest BCUT2D eigenvalue weighted by Crippen LogP contribution is -2.29. The number of pyridine rings is 1. The SMILES string of the molecule is Nc1ccc2c(c1)C(=O)N(Cc1ccncc1Cl)S2(=O)=O. The van der Waals surface area contributed by atoms with Gasteiger partial charge in [-0.1, -0.05) is 11.6 Å². The monoisotopic (exact) mass is 323 g/mol. The minimum absolute atomic E-state index is 0.0353. The Morgan fingerprint density at radius 1 is 1.29 bits per heavy atom. The molecule has 0 saturated carbocycles. The highest BCUT2D eigenvalue weighted by Gasteiger charge is 2.41. The van der Waals surface area contributed by atoms with Crippen molar-refractivity contribution in [2.45, 2.75) is 11.4 Å². The van der Waals surface area contributed by atoms with Gasteiger partial charge in [0.1, 0.15) is 4.90 Å². The molecular weight excluding hydrogens is 314 g/mol. The Kier molecular flexibility index (Phi) is 3.11. The number of rotatable bonds is 2. The summed E-state index contributed by atoms with van der Waals surface area (Å²) in [4.78, 5) is 16.1. The van der Waals surface area contributed by atoms with Gasteiger partial charge in [0.2, 0.25) is 0 Å². The molecule has 0 spiro atoms. The van der Waals surface area contributed by atoms with Crippen molar-refractivity contribution in [3.63, 3.8) is 0 Å². The quantitative estimate of drug-likeness (QED) is 0.848. The molecule has 0 fully saturated rings. The molecule has 2 N–H and O–H groups in total. The zero-order chi connectivity index (χ0) is 15.2. The Balaban J connectivity index is 2.07. The number of amides is 1. The van der Waals surface area contributed by atoms with Crippen LogP contribution in [0.5, 0.6) is 0 Å². The summed E-state index contributed by atoms with van der Waals surface area (Å²) < 4.78 is 25.6. The molecular formula is C13H10ClN3O3S. The van der Waals surface area contributed by atoms with Crippen molar-refractivity contribution in [1.29, 1.82) is 0 Å². The Hall–Kier alpha value is -2.12. The van der Waals surface area contributed by atoms with E-state index in [1.807, 2.05) is 0 Å². The van der Waals surface area contributed by atoms with Crippen LogP contribution >= 0.6 is 11.6 Å². The highest BCUT2D eigenvalue weighted by Crippen LogP contribution is 2.33. The van der Waals surface area contributed by atoms with Gasteiger partial charge in [-0.2, -0.15) is 0 Å². The molecule has 6 nitrogen and oxygen atoms in total. The molecule has 1 aliphatic heterocycles. The normalized spacial score (nSPS) is 16.0. The van der Waals surface area contributed by atoms with Crippen LogP contribution in [0, 0.1) is 0 Å². The summed E-state index contributed by atoms with van der Waals surface area (Å²) in [5.74, 6) is -0.606. The number of nitrogen functional groups attached to an aromatic ring is 1. The smallest absolute Gasteiger partial charge is 0.269 e. The molecule has 2 heterocycles. The first-order valence-electron chi connectivity index (χ1n) is 5.96. The molecule has 0 saturated heterocycles. The number of hydrogen-bond acceptors (Lipinski definition) is 5. The summed E-state index contributed by atoms with van der Waals surface area (Å²) in [6.45, 7) is -0.142. The fourth-order valence-electron chi connectivity index (χ4n) is 2.15. The number of sulfonamides is 1. The number of halogens is 1. The van der Waals surface area contributed by atoms with E-state index in [0.717, 1.165) is 4.31 Å². The van der Waals surface area contributed by atoms with Crippen LogP contribution in [0.4, 0.5) is 5.69 Å². The second-order valence-electron chi connectivity index (χ2n) is 4.54. The second-order valence-corrected chi connectivity index (χ2v) is 6.78. The number of carbonyl (C=O) groups excluding carboxylic acids is 1. The van der Waals surface area contributed by atoms with Crippen molar-refractivity contribution in [2.24, 2.45) is 0 Å². The molecule has 0 aliphatic carbocycles. The lowest BCUT2D eigenvalue weighted by Gasteiger charge is -2.15. The average Bonchev–Trinajstić information content (AvgIpc) is 2.62. The summed E-state index contributed by atoms with van der Waals surface area (Å²) in [6, 6.07) is 5.73. The molecule has 1 aromatic heterocycles. The number of benzene rings is 1. The lowest BCUT2D eigenvalue weighted by molar-refractivity contribution is 0.0865. The predicted molar refractivity (Wildman–Crippen MR) is 77.2 cm³/mol.